The molecule has 1 aromatic carbocycles. The molecule has 0 aliphatic carbocycles. The van der Waals surface area contributed by atoms with Crippen LogP contribution in [0.1, 0.15) is 29.8 Å². The zero-order valence-electron chi connectivity index (χ0n) is 11.8. The Balaban J connectivity index is 2.68. The van der Waals surface area contributed by atoms with Crippen molar-refractivity contribution in [2.45, 2.75) is 25.9 Å². The van der Waals surface area contributed by atoms with E-state index in [1.165, 1.54) is 18.2 Å². The standard InChI is InChI=1S/C14H21FN2O2/c1-14(2,17(3)4)9-16-8-11-7-10(13(18)19)5-6-12(11)15/h5-7,16H,8-9H2,1-4H3,(H,18,19). The molecular weight excluding hydrogens is 247 g/mol. The Kier molecular flexibility index (Phi) is 5.03. The fraction of sp³-hybridized carbons (Fsp3) is 0.500. The van der Waals surface area contributed by atoms with Gasteiger partial charge in [-0.3, -0.25) is 0 Å². The normalized spacial score (nSPS) is 11.9. The van der Waals surface area contributed by atoms with Crippen LogP contribution in [0.25, 0.3) is 0 Å². The summed E-state index contributed by atoms with van der Waals surface area (Å²) in [5, 5.41) is 12.0. The maximum Gasteiger partial charge on any atom is 0.335 e. The molecule has 0 radical (unpaired) electrons. The predicted molar refractivity (Wildman–Crippen MR) is 72.8 cm³/mol. The summed E-state index contributed by atoms with van der Waals surface area (Å²) >= 11 is 0. The first-order valence-electron chi connectivity index (χ1n) is 6.14. The summed E-state index contributed by atoms with van der Waals surface area (Å²) in [7, 11) is 3.96. The van der Waals surface area contributed by atoms with Crippen LogP contribution >= 0.6 is 0 Å². The summed E-state index contributed by atoms with van der Waals surface area (Å²) in [6.45, 7) is 5.13. The van der Waals surface area contributed by atoms with Gasteiger partial charge < -0.3 is 15.3 Å². The lowest BCUT2D eigenvalue weighted by Gasteiger charge is -2.32. The first kappa shape index (κ1) is 15.6. The molecule has 5 heteroatoms. The molecule has 2 N–H and O–H groups in total. The van der Waals surface area contributed by atoms with Gasteiger partial charge in [0.2, 0.25) is 0 Å². The zero-order valence-corrected chi connectivity index (χ0v) is 11.8. The number of nitrogens with zero attached hydrogens (tertiary/aromatic N) is 1. The number of aromatic carboxylic acids is 1. The van der Waals surface area contributed by atoms with Crippen LogP contribution in [0.4, 0.5) is 4.39 Å². The molecule has 0 saturated heterocycles. The first-order valence-corrected chi connectivity index (χ1v) is 6.14. The van der Waals surface area contributed by atoms with Gasteiger partial charge in [0.1, 0.15) is 5.82 Å². The van der Waals surface area contributed by atoms with Crippen molar-refractivity contribution in [3.63, 3.8) is 0 Å². The second-order valence-corrected chi connectivity index (χ2v) is 5.42. The Bertz CT molecular complexity index is 459. The molecule has 4 nitrogen and oxygen atoms in total. The van der Waals surface area contributed by atoms with Crippen LogP contribution in [-0.2, 0) is 6.54 Å². The molecule has 1 rings (SSSR count). The van der Waals surface area contributed by atoms with E-state index in [-0.39, 0.29) is 16.9 Å². The van der Waals surface area contributed by atoms with Gasteiger partial charge >= 0.3 is 5.97 Å². The summed E-state index contributed by atoms with van der Waals surface area (Å²) < 4.78 is 13.6. The lowest BCUT2D eigenvalue weighted by molar-refractivity contribution is 0.0696. The van der Waals surface area contributed by atoms with E-state index in [0.717, 1.165) is 0 Å². The van der Waals surface area contributed by atoms with E-state index in [1.807, 2.05) is 14.1 Å². The predicted octanol–water partition coefficient (Wildman–Crippen LogP) is 1.95. The minimum Gasteiger partial charge on any atom is -0.478 e. The fourth-order valence-electron chi connectivity index (χ4n) is 1.50. The molecule has 0 fully saturated rings. The third-order valence-corrected chi connectivity index (χ3v) is 3.38. The number of carboxylic acid groups (broad SMARTS) is 1. The minimum absolute atomic E-state index is 0.0547. The Labute approximate surface area is 113 Å². The fourth-order valence-corrected chi connectivity index (χ4v) is 1.50. The van der Waals surface area contributed by atoms with Crippen LogP contribution in [0.3, 0.4) is 0 Å². The number of halogens is 1. The lowest BCUT2D eigenvalue weighted by atomic mass is 10.0. The highest BCUT2D eigenvalue weighted by Gasteiger charge is 2.19. The first-order chi connectivity index (χ1) is 8.74. The summed E-state index contributed by atoms with van der Waals surface area (Å²) in [5.41, 5.74) is 0.417. The van der Waals surface area contributed by atoms with Crippen LogP contribution in [0.15, 0.2) is 18.2 Å². The van der Waals surface area contributed by atoms with E-state index < -0.39 is 5.97 Å². The Hall–Kier alpha value is -1.46. The Morgan fingerprint density at radius 2 is 2.05 bits per heavy atom. The molecular formula is C14H21FN2O2. The lowest BCUT2D eigenvalue weighted by Crippen LogP contribution is -2.46. The van der Waals surface area contributed by atoms with Crippen LogP contribution in [0.2, 0.25) is 0 Å². The quantitative estimate of drug-likeness (QED) is 0.828. The van der Waals surface area contributed by atoms with Crippen LogP contribution < -0.4 is 5.32 Å². The van der Waals surface area contributed by atoms with Gasteiger partial charge in [0.05, 0.1) is 5.56 Å². The average molecular weight is 268 g/mol. The topological polar surface area (TPSA) is 52.6 Å². The summed E-state index contributed by atoms with van der Waals surface area (Å²) in [6, 6.07) is 3.83. The molecule has 0 spiro atoms. The zero-order chi connectivity index (χ0) is 14.6. The number of carboxylic acids is 1. The van der Waals surface area contributed by atoms with Crippen molar-refractivity contribution < 1.29 is 14.3 Å². The SMILES string of the molecule is CN(C)C(C)(C)CNCc1cc(C(=O)O)ccc1F. The third kappa shape index (κ3) is 4.29. The Morgan fingerprint density at radius 1 is 1.42 bits per heavy atom. The molecule has 0 unspecified atom stereocenters. The molecule has 0 aliphatic rings. The van der Waals surface area contributed by atoms with E-state index >= 15 is 0 Å². The number of rotatable bonds is 6. The summed E-state index contributed by atoms with van der Waals surface area (Å²) in [5.74, 6) is -1.44. The smallest absolute Gasteiger partial charge is 0.335 e. The number of benzene rings is 1. The van der Waals surface area contributed by atoms with E-state index in [1.54, 1.807) is 0 Å². The second kappa shape index (κ2) is 6.12. The van der Waals surface area contributed by atoms with Crippen LogP contribution in [0, 0.1) is 5.82 Å². The monoisotopic (exact) mass is 268 g/mol. The van der Waals surface area contributed by atoms with Gasteiger partial charge in [-0.15, -0.1) is 0 Å². The van der Waals surface area contributed by atoms with Crippen molar-refractivity contribution in [3.8, 4) is 0 Å². The highest BCUT2D eigenvalue weighted by molar-refractivity contribution is 5.87. The van der Waals surface area contributed by atoms with Crippen molar-refractivity contribution in [3.05, 3.63) is 35.1 Å². The molecule has 106 valence electrons. The molecule has 0 atom stereocenters. The van der Waals surface area contributed by atoms with Gasteiger partial charge in [-0.1, -0.05) is 0 Å². The van der Waals surface area contributed by atoms with E-state index in [2.05, 4.69) is 24.1 Å². The average Bonchev–Trinajstić information content (AvgIpc) is 2.30. The molecule has 0 saturated carbocycles. The molecule has 0 aromatic heterocycles. The molecule has 19 heavy (non-hydrogen) atoms. The highest BCUT2D eigenvalue weighted by atomic mass is 19.1. The Morgan fingerprint density at radius 3 is 2.58 bits per heavy atom. The minimum atomic E-state index is -1.05. The van der Waals surface area contributed by atoms with Gasteiger partial charge in [-0.05, 0) is 46.1 Å². The maximum absolute atomic E-state index is 13.6. The van der Waals surface area contributed by atoms with E-state index in [0.29, 0.717) is 18.7 Å². The summed E-state index contributed by atoms with van der Waals surface area (Å²) in [4.78, 5) is 12.9. The molecule has 0 aliphatic heterocycles. The number of likely N-dealkylation sites (N-methyl/N-ethyl adjacent to an activating group) is 1. The van der Waals surface area contributed by atoms with Crippen LogP contribution in [-0.4, -0.2) is 42.2 Å². The van der Waals surface area contributed by atoms with E-state index in [9.17, 15) is 9.18 Å². The van der Waals surface area contributed by atoms with Crippen molar-refractivity contribution in [2.75, 3.05) is 20.6 Å². The van der Waals surface area contributed by atoms with Crippen molar-refractivity contribution in [1.29, 1.82) is 0 Å². The number of carbonyl (C=O) groups is 1. The van der Waals surface area contributed by atoms with Gasteiger partial charge in [0.15, 0.2) is 0 Å². The van der Waals surface area contributed by atoms with Crippen LogP contribution in [0.5, 0.6) is 0 Å². The third-order valence-electron chi connectivity index (χ3n) is 3.38. The van der Waals surface area contributed by atoms with Gasteiger partial charge in [0.25, 0.3) is 0 Å². The van der Waals surface area contributed by atoms with Crippen molar-refractivity contribution in [1.82, 2.24) is 10.2 Å². The largest absolute Gasteiger partial charge is 0.478 e. The molecule has 1 aromatic rings. The van der Waals surface area contributed by atoms with Crippen molar-refractivity contribution in [2.24, 2.45) is 0 Å². The highest BCUT2D eigenvalue weighted by Crippen LogP contribution is 2.12. The molecule has 0 bridgehead atoms. The number of hydrogen-bond donors (Lipinski definition) is 2. The van der Waals surface area contributed by atoms with Gasteiger partial charge in [-0.2, -0.15) is 0 Å². The summed E-state index contributed by atoms with van der Waals surface area (Å²) in [6.07, 6.45) is 0. The van der Waals surface area contributed by atoms with E-state index in [4.69, 9.17) is 5.11 Å². The number of nitrogens with one attached hydrogen (secondary N) is 1. The van der Waals surface area contributed by atoms with Crippen molar-refractivity contribution >= 4 is 5.97 Å². The maximum atomic E-state index is 13.6. The molecule has 0 heterocycles. The van der Waals surface area contributed by atoms with Gasteiger partial charge in [0, 0.05) is 24.2 Å². The number of hydrogen-bond acceptors (Lipinski definition) is 3. The molecule has 0 amide bonds. The van der Waals surface area contributed by atoms with Gasteiger partial charge in [-0.25, -0.2) is 9.18 Å². The second-order valence-electron chi connectivity index (χ2n) is 5.42.